The van der Waals surface area contributed by atoms with Crippen LogP contribution in [0.2, 0.25) is 5.02 Å². The lowest BCUT2D eigenvalue weighted by Crippen LogP contribution is -2.32. The second-order valence-electron chi connectivity index (χ2n) is 8.82. The van der Waals surface area contributed by atoms with Crippen LogP contribution in [0.3, 0.4) is 0 Å². The van der Waals surface area contributed by atoms with E-state index >= 15 is 0 Å². The Morgan fingerprint density at radius 1 is 0.946 bits per heavy atom. The molecule has 2 atom stereocenters. The van der Waals surface area contributed by atoms with Gasteiger partial charge in [0.05, 0.1) is 32.3 Å². The topological polar surface area (TPSA) is 117 Å². The zero-order chi connectivity index (χ0) is 27.0. The summed E-state index contributed by atoms with van der Waals surface area (Å²) in [6.45, 7) is 0.287. The van der Waals surface area contributed by atoms with Crippen LogP contribution in [0.25, 0.3) is 0 Å². The molecule has 8 nitrogen and oxygen atoms in total. The molecule has 0 fully saturated rings. The van der Waals surface area contributed by atoms with Crippen LogP contribution in [-0.2, 0) is 22.9 Å². The Bertz CT molecular complexity index is 1280. The Morgan fingerprint density at radius 3 is 2.27 bits per heavy atom. The number of aliphatic hydroxyl groups is 1. The van der Waals surface area contributed by atoms with Gasteiger partial charge in [-0.2, -0.15) is 0 Å². The highest BCUT2D eigenvalue weighted by atomic mass is 35.5. The SMILES string of the molecule is COc1ccc([C@@H](CCc2ccc(Cl)cc2)NC[C@@H](O)Cc2ccc(O)c(NS(C)(=O)=O)c2)cc1OC. The Balaban J connectivity index is 1.72. The summed E-state index contributed by atoms with van der Waals surface area (Å²) in [4.78, 5) is 0. The van der Waals surface area contributed by atoms with E-state index in [4.69, 9.17) is 21.1 Å². The van der Waals surface area contributed by atoms with Crippen LogP contribution >= 0.6 is 11.6 Å². The molecule has 0 saturated carbocycles. The number of hydrogen-bond donors (Lipinski definition) is 4. The number of aromatic hydroxyl groups is 1. The van der Waals surface area contributed by atoms with Crippen molar-refractivity contribution in [1.29, 1.82) is 0 Å². The molecule has 0 radical (unpaired) electrons. The molecular formula is C27H33ClN2O6S. The lowest BCUT2D eigenvalue weighted by Gasteiger charge is -2.23. The van der Waals surface area contributed by atoms with Crippen LogP contribution in [0, 0.1) is 0 Å². The number of benzene rings is 3. The van der Waals surface area contributed by atoms with Crippen molar-refractivity contribution in [3.05, 3.63) is 82.4 Å². The lowest BCUT2D eigenvalue weighted by molar-refractivity contribution is 0.166. The van der Waals surface area contributed by atoms with Gasteiger partial charge in [-0.15, -0.1) is 0 Å². The van der Waals surface area contributed by atoms with E-state index in [-0.39, 0.29) is 30.4 Å². The van der Waals surface area contributed by atoms with Gasteiger partial charge in [0.1, 0.15) is 5.75 Å². The van der Waals surface area contributed by atoms with E-state index in [1.807, 2.05) is 42.5 Å². The number of aliphatic hydroxyl groups excluding tert-OH is 1. The van der Waals surface area contributed by atoms with E-state index in [2.05, 4.69) is 10.0 Å². The number of rotatable bonds is 13. The molecule has 37 heavy (non-hydrogen) atoms. The molecule has 0 aliphatic rings. The quantitative estimate of drug-likeness (QED) is 0.235. The maximum Gasteiger partial charge on any atom is 0.229 e. The van der Waals surface area contributed by atoms with Crippen LogP contribution in [0.4, 0.5) is 5.69 Å². The van der Waals surface area contributed by atoms with E-state index in [0.717, 1.165) is 30.2 Å². The molecule has 200 valence electrons. The van der Waals surface area contributed by atoms with E-state index < -0.39 is 16.1 Å². The molecule has 0 saturated heterocycles. The van der Waals surface area contributed by atoms with Gasteiger partial charge in [-0.1, -0.05) is 35.9 Å². The first kappa shape index (κ1) is 28.6. The fourth-order valence-corrected chi connectivity index (χ4v) is 4.72. The van der Waals surface area contributed by atoms with Crippen LogP contribution < -0.4 is 19.5 Å². The average Bonchev–Trinajstić information content (AvgIpc) is 2.86. The number of methoxy groups -OCH3 is 2. The number of ether oxygens (including phenoxy) is 2. The summed E-state index contributed by atoms with van der Waals surface area (Å²) in [6, 6.07) is 18.0. The summed E-state index contributed by atoms with van der Waals surface area (Å²) in [6.07, 6.45) is 2.06. The van der Waals surface area contributed by atoms with Crippen molar-refractivity contribution in [2.45, 2.75) is 31.4 Å². The summed E-state index contributed by atoms with van der Waals surface area (Å²) in [7, 11) is -0.374. The van der Waals surface area contributed by atoms with Gasteiger partial charge >= 0.3 is 0 Å². The summed E-state index contributed by atoms with van der Waals surface area (Å²) in [5.74, 6) is 1.07. The molecule has 0 aliphatic heterocycles. The average molecular weight is 549 g/mol. The van der Waals surface area contributed by atoms with Gasteiger partial charge in [0.2, 0.25) is 10.0 Å². The van der Waals surface area contributed by atoms with Crippen LogP contribution in [0.1, 0.15) is 29.2 Å². The molecule has 0 aromatic heterocycles. The first-order valence-corrected chi connectivity index (χ1v) is 14.0. The van der Waals surface area contributed by atoms with Gasteiger partial charge < -0.3 is 25.0 Å². The molecule has 0 spiro atoms. The largest absolute Gasteiger partial charge is 0.506 e. The maximum atomic E-state index is 11.6. The van der Waals surface area contributed by atoms with Crippen molar-refractivity contribution in [2.24, 2.45) is 0 Å². The van der Waals surface area contributed by atoms with E-state index in [9.17, 15) is 18.6 Å². The summed E-state index contributed by atoms with van der Waals surface area (Å²) < 4.78 is 36.2. The third-order valence-corrected chi connectivity index (χ3v) is 6.72. The highest BCUT2D eigenvalue weighted by molar-refractivity contribution is 7.92. The predicted octanol–water partition coefficient (Wildman–Crippen LogP) is 4.30. The molecule has 10 heteroatoms. The molecule has 0 heterocycles. The smallest absolute Gasteiger partial charge is 0.229 e. The molecule has 3 rings (SSSR count). The summed E-state index contributed by atoms with van der Waals surface area (Å²) >= 11 is 6.02. The zero-order valence-corrected chi connectivity index (χ0v) is 22.6. The predicted molar refractivity (Wildman–Crippen MR) is 146 cm³/mol. The van der Waals surface area contributed by atoms with Gasteiger partial charge in [-0.25, -0.2) is 8.42 Å². The number of phenolic OH excluding ortho intramolecular Hbond substituents is 1. The highest BCUT2D eigenvalue weighted by Gasteiger charge is 2.17. The standard InChI is InChI=1S/C27H33ClN2O6S/c1-35-26-13-8-20(16-27(26)36-2)23(11-6-18-4-9-21(28)10-5-18)29-17-22(31)14-19-7-12-25(32)24(15-19)30-37(3,33)34/h4-5,7-10,12-13,15-16,22-23,29-32H,6,11,14,17H2,1-3H3/t22-,23+/m0/s1. The summed E-state index contributed by atoms with van der Waals surface area (Å²) in [5, 5.41) is 24.9. The fraction of sp³-hybridized carbons (Fsp3) is 0.333. The van der Waals surface area contributed by atoms with Crippen LogP contribution in [-0.4, -0.2) is 51.8 Å². The van der Waals surface area contributed by atoms with Gasteiger partial charge in [-0.05, 0) is 72.4 Å². The highest BCUT2D eigenvalue weighted by Crippen LogP contribution is 2.32. The van der Waals surface area contributed by atoms with Crippen molar-refractivity contribution < 1.29 is 28.1 Å². The number of aryl methyl sites for hydroxylation is 1. The number of sulfonamides is 1. The Labute approximate surface area is 223 Å². The van der Waals surface area contributed by atoms with Crippen molar-refractivity contribution in [2.75, 3.05) is 31.7 Å². The first-order valence-electron chi connectivity index (χ1n) is 11.8. The molecule has 4 N–H and O–H groups in total. The second kappa shape index (κ2) is 13.0. The van der Waals surface area contributed by atoms with Crippen molar-refractivity contribution in [1.82, 2.24) is 5.32 Å². The van der Waals surface area contributed by atoms with Gasteiger partial charge in [0.15, 0.2) is 11.5 Å². The number of hydrogen-bond acceptors (Lipinski definition) is 7. The van der Waals surface area contributed by atoms with E-state index in [1.54, 1.807) is 20.3 Å². The Morgan fingerprint density at radius 2 is 1.62 bits per heavy atom. The molecule has 0 bridgehead atoms. The minimum absolute atomic E-state index is 0.0753. The molecule has 3 aromatic rings. The monoisotopic (exact) mass is 548 g/mol. The van der Waals surface area contributed by atoms with Crippen molar-refractivity contribution >= 4 is 27.3 Å². The number of anilines is 1. The number of nitrogens with one attached hydrogen (secondary N) is 2. The Kier molecular flexibility index (Phi) is 10.0. The molecule has 0 aliphatic carbocycles. The minimum Gasteiger partial charge on any atom is -0.506 e. The second-order valence-corrected chi connectivity index (χ2v) is 11.0. The maximum absolute atomic E-state index is 11.6. The van der Waals surface area contributed by atoms with E-state index in [0.29, 0.717) is 22.1 Å². The summed E-state index contributed by atoms with van der Waals surface area (Å²) in [5.41, 5.74) is 2.89. The molecular weight excluding hydrogens is 516 g/mol. The van der Waals surface area contributed by atoms with Gasteiger partial charge in [-0.3, -0.25) is 4.72 Å². The number of halogens is 1. The third kappa shape index (κ3) is 8.82. The molecule has 0 unspecified atom stereocenters. The fourth-order valence-electron chi connectivity index (χ4n) is 4.03. The van der Waals surface area contributed by atoms with Crippen molar-refractivity contribution in [3.8, 4) is 17.2 Å². The lowest BCUT2D eigenvalue weighted by atomic mass is 9.98. The van der Waals surface area contributed by atoms with Gasteiger partial charge in [0.25, 0.3) is 0 Å². The first-order chi connectivity index (χ1) is 17.6. The molecule has 3 aromatic carbocycles. The van der Waals surface area contributed by atoms with E-state index in [1.165, 1.54) is 12.1 Å². The third-order valence-electron chi connectivity index (χ3n) is 5.87. The normalized spacial score (nSPS) is 13.1. The zero-order valence-electron chi connectivity index (χ0n) is 21.1. The van der Waals surface area contributed by atoms with Crippen molar-refractivity contribution in [3.63, 3.8) is 0 Å². The molecule has 0 amide bonds. The van der Waals surface area contributed by atoms with Crippen LogP contribution in [0.15, 0.2) is 60.7 Å². The minimum atomic E-state index is -3.55. The Hall–Kier alpha value is -2.98. The van der Waals surface area contributed by atoms with Gasteiger partial charge in [0, 0.05) is 17.6 Å². The number of phenols is 1. The van der Waals surface area contributed by atoms with Crippen LogP contribution in [0.5, 0.6) is 17.2 Å².